The lowest BCUT2D eigenvalue weighted by Gasteiger charge is -2.39. The molecule has 0 saturated carbocycles. The normalized spacial score (nSPS) is 19.3. The maximum atomic E-state index is 13.3. The average Bonchev–Trinajstić information content (AvgIpc) is 3.27. The number of H-pyrrole nitrogens is 1. The van der Waals surface area contributed by atoms with Gasteiger partial charge in [-0.05, 0) is 45.3 Å². The lowest BCUT2D eigenvalue weighted by atomic mass is 10.1. The van der Waals surface area contributed by atoms with Crippen molar-refractivity contribution in [2.45, 2.75) is 65.5 Å². The van der Waals surface area contributed by atoms with Crippen LogP contribution in [0.25, 0.3) is 11.2 Å². The van der Waals surface area contributed by atoms with Gasteiger partial charge in [-0.25, -0.2) is 4.79 Å². The molecule has 1 unspecified atom stereocenters. The van der Waals surface area contributed by atoms with Gasteiger partial charge in [0.1, 0.15) is 5.52 Å². The van der Waals surface area contributed by atoms with E-state index < -0.39 is 0 Å². The summed E-state index contributed by atoms with van der Waals surface area (Å²) in [5, 5.41) is 0. The summed E-state index contributed by atoms with van der Waals surface area (Å²) in [4.78, 5) is 35.2. The molecular weight excluding hydrogens is 482 g/mol. The molecule has 2 saturated heterocycles. The summed E-state index contributed by atoms with van der Waals surface area (Å²) in [6, 6.07) is 0.244. The minimum atomic E-state index is -0.177. The molecule has 0 amide bonds. The molecule has 2 aromatic rings. The minimum absolute atomic E-state index is 0.0684. The van der Waals surface area contributed by atoms with Crippen LogP contribution in [0, 0.1) is 0 Å². The molecule has 2 aliphatic rings. The van der Waals surface area contributed by atoms with E-state index in [-0.39, 0.29) is 23.7 Å². The predicted molar refractivity (Wildman–Crippen MR) is 153 cm³/mol. The Kier molecular flexibility index (Phi) is 10.8. The highest BCUT2D eigenvalue weighted by Gasteiger charge is 2.28. The first-order valence-electron chi connectivity index (χ1n) is 14.9. The van der Waals surface area contributed by atoms with E-state index in [9.17, 15) is 4.79 Å². The Morgan fingerprint density at radius 3 is 2.18 bits per heavy atom. The molecule has 1 atom stereocenters. The lowest BCUT2D eigenvalue weighted by Crippen LogP contribution is -2.49. The van der Waals surface area contributed by atoms with Crippen LogP contribution in [0.15, 0.2) is 4.79 Å². The Balaban J connectivity index is 1.46. The average molecular weight is 532 g/mol. The number of nitrogen functional groups attached to an aromatic ring is 1. The van der Waals surface area contributed by atoms with Crippen molar-refractivity contribution in [3.05, 3.63) is 10.5 Å². The molecule has 0 aliphatic carbocycles. The van der Waals surface area contributed by atoms with Gasteiger partial charge in [-0.1, -0.05) is 33.6 Å². The van der Waals surface area contributed by atoms with E-state index in [0.717, 1.165) is 77.9 Å². The van der Waals surface area contributed by atoms with Gasteiger partial charge in [-0.15, -0.1) is 0 Å². The summed E-state index contributed by atoms with van der Waals surface area (Å²) < 4.78 is 7.59. The summed E-state index contributed by atoms with van der Waals surface area (Å²) in [6.07, 6.45) is 6.18. The van der Waals surface area contributed by atoms with Gasteiger partial charge in [0.15, 0.2) is 11.5 Å². The maximum absolute atomic E-state index is 13.3. The third kappa shape index (κ3) is 7.25. The number of piperazine rings is 2. The first-order valence-corrected chi connectivity index (χ1v) is 14.9. The first-order chi connectivity index (χ1) is 18.5. The van der Waals surface area contributed by atoms with Crippen molar-refractivity contribution in [1.29, 1.82) is 0 Å². The van der Waals surface area contributed by atoms with Crippen LogP contribution in [0.5, 0.6) is 6.01 Å². The number of imidazole rings is 1. The van der Waals surface area contributed by atoms with Crippen molar-refractivity contribution in [1.82, 2.24) is 39.1 Å². The second-order valence-corrected chi connectivity index (χ2v) is 10.7. The van der Waals surface area contributed by atoms with Gasteiger partial charge in [-0.3, -0.25) is 9.47 Å². The zero-order valence-corrected chi connectivity index (χ0v) is 23.8. The molecular formula is C27H49N9O2. The molecule has 11 nitrogen and oxygen atoms in total. The molecule has 11 heteroatoms. The van der Waals surface area contributed by atoms with Crippen LogP contribution >= 0.6 is 0 Å². The molecule has 0 aromatic carbocycles. The molecule has 0 bridgehead atoms. The fourth-order valence-electron chi connectivity index (χ4n) is 5.67. The smallest absolute Gasteiger partial charge is 0.329 e. The van der Waals surface area contributed by atoms with Crippen molar-refractivity contribution in [3.8, 4) is 6.01 Å². The van der Waals surface area contributed by atoms with E-state index in [2.05, 4.69) is 55.3 Å². The first kappa shape index (κ1) is 28.8. The van der Waals surface area contributed by atoms with Crippen molar-refractivity contribution in [2.24, 2.45) is 0 Å². The number of aromatic nitrogens is 4. The fraction of sp³-hybridized carbons (Fsp3) is 0.815. The SMILES string of the molecule is CCCCOc1nc(N)c2[nH]c(=O)n(C(CCCCCN3CCN(CC)CC3)N3CCN(CC)CC3)c2n1. The number of hydrogen-bond donors (Lipinski definition) is 2. The fourth-order valence-corrected chi connectivity index (χ4v) is 5.67. The van der Waals surface area contributed by atoms with E-state index in [1.807, 2.05) is 4.57 Å². The molecule has 2 aromatic heterocycles. The highest BCUT2D eigenvalue weighted by molar-refractivity contribution is 5.82. The largest absolute Gasteiger partial charge is 0.463 e. The van der Waals surface area contributed by atoms with Crippen molar-refractivity contribution in [3.63, 3.8) is 0 Å². The second kappa shape index (κ2) is 14.3. The third-order valence-electron chi connectivity index (χ3n) is 8.23. The third-order valence-corrected chi connectivity index (χ3v) is 8.23. The second-order valence-electron chi connectivity index (χ2n) is 10.7. The number of unbranched alkanes of at least 4 members (excludes halogenated alkanes) is 3. The van der Waals surface area contributed by atoms with Crippen LogP contribution in [0.2, 0.25) is 0 Å². The Morgan fingerprint density at radius 2 is 1.53 bits per heavy atom. The van der Waals surface area contributed by atoms with E-state index in [1.54, 1.807) is 0 Å². The number of rotatable bonds is 14. The topological polar surface area (TPSA) is 112 Å². The van der Waals surface area contributed by atoms with Crippen LogP contribution in [0.4, 0.5) is 5.82 Å². The number of aromatic amines is 1. The van der Waals surface area contributed by atoms with Gasteiger partial charge in [0.25, 0.3) is 0 Å². The van der Waals surface area contributed by atoms with Gasteiger partial charge in [0.05, 0.1) is 12.8 Å². The van der Waals surface area contributed by atoms with E-state index in [0.29, 0.717) is 17.8 Å². The van der Waals surface area contributed by atoms with Crippen LogP contribution in [0.3, 0.4) is 0 Å². The van der Waals surface area contributed by atoms with Crippen LogP contribution < -0.4 is 16.2 Å². The number of ether oxygens (including phenoxy) is 1. The van der Waals surface area contributed by atoms with Crippen LogP contribution in [-0.4, -0.2) is 118 Å². The summed E-state index contributed by atoms with van der Waals surface area (Å²) in [5.41, 5.74) is 7.11. The van der Waals surface area contributed by atoms with Gasteiger partial charge in [-0.2, -0.15) is 9.97 Å². The molecule has 0 radical (unpaired) electrons. The monoisotopic (exact) mass is 531 g/mol. The van der Waals surface area contributed by atoms with E-state index in [4.69, 9.17) is 10.5 Å². The zero-order valence-electron chi connectivity index (χ0n) is 23.8. The lowest BCUT2D eigenvalue weighted by molar-refractivity contribution is 0.0608. The zero-order chi connectivity index (χ0) is 26.9. The maximum Gasteiger partial charge on any atom is 0.329 e. The quantitative estimate of drug-likeness (QED) is 0.354. The highest BCUT2D eigenvalue weighted by atomic mass is 16.5. The summed E-state index contributed by atoms with van der Waals surface area (Å²) in [6.45, 7) is 19.1. The van der Waals surface area contributed by atoms with Crippen molar-refractivity contribution in [2.75, 3.05) is 84.3 Å². The number of nitrogens with two attached hydrogens (primary N) is 1. The molecule has 2 fully saturated rings. The number of fused-ring (bicyclic) bond motifs is 1. The standard InChI is InChI=1S/C27H49N9O2/c1-4-7-21-38-26-30-24(28)23-25(31-26)36(27(37)29-23)22(35-19-17-33(6-3)18-20-35)11-9-8-10-12-34-15-13-32(5-2)14-16-34/h22H,4-21H2,1-3H3,(H,29,37)(H2,28,30,31). The molecule has 4 rings (SSSR count). The van der Waals surface area contributed by atoms with Gasteiger partial charge in [0.2, 0.25) is 0 Å². The molecule has 0 spiro atoms. The van der Waals surface area contributed by atoms with Gasteiger partial charge in [0, 0.05) is 52.4 Å². The molecule has 2 aliphatic heterocycles. The highest BCUT2D eigenvalue weighted by Crippen LogP contribution is 2.27. The van der Waals surface area contributed by atoms with Crippen molar-refractivity contribution < 1.29 is 4.74 Å². The number of hydrogen-bond acceptors (Lipinski definition) is 9. The Bertz CT molecular complexity index is 1040. The Labute approximate surface area is 227 Å². The molecule has 214 valence electrons. The van der Waals surface area contributed by atoms with Gasteiger partial charge >= 0.3 is 11.7 Å². The van der Waals surface area contributed by atoms with Crippen molar-refractivity contribution >= 4 is 17.0 Å². The Morgan fingerprint density at radius 1 is 0.868 bits per heavy atom. The summed E-state index contributed by atoms with van der Waals surface area (Å²) in [5.74, 6) is 0.259. The summed E-state index contributed by atoms with van der Waals surface area (Å²) >= 11 is 0. The van der Waals surface area contributed by atoms with Gasteiger partial charge < -0.3 is 30.2 Å². The molecule has 4 heterocycles. The number of nitrogens with zero attached hydrogens (tertiary/aromatic N) is 7. The predicted octanol–water partition coefficient (Wildman–Crippen LogP) is 2.21. The minimum Gasteiger partial charge on any atom is -0.463 e. The number of anilines is 1. The van der Waals surface area contributed by atoms with Crippen LogP contribution in [-0.2, 0) is 0 Å². The molecule has 38 heavy (non-hydrogen) atoms. The number of nitrogens with one attached hydrogen (secondary N) is 1. The van der Waals surface area contributed by atoms with Crippen LogP contribution in [0.1, 0.15) is 65.5 Å². The molecule has 3 N–H and O–H groups in total. The summed E-state index contributed by atoms with van der Waals surface area (Å²) in [7, 11) is 0. The Hall–Kier alpha value is -2.21. The number of likely N-dealkylation sites (N-methyl/N-ethyl adjacent to an activating group) is 2. The van der Waals surface area contributed by atoms with E-state index in [1.165, 1.54) is 32.6 Å². The van der Waals surface area contributed by atoms with E-state index >= 15 is 0 Å².